The summed E-state index contributed by atoms with van der Waals surface area (Å²) in [5, 5.41) is 0. The molecule has 158 valence electrons. The maximum Gasteiger partial charge on any atom is 0.378 e. The molecule has 26 heavy (non-hydrogen) atoms. The van der Waals surface area contributed by atoms with Gasteiger partial charge in [0, 0.05) is 38.0 Å². The first kappa shape index (κ1) is 25.4. The molecule has 0 rings (SSSR count). The molecule has 0 N–H and O–H groups in total. The van der Waals surface area contributed by atoms with Crippen LogP contribution in [0.5, 0.6) is 0 Å². The van der Waals surface area contributed by atoms with E-state index in [9.17, 15) is 35.1 Å². The van der Waals surface area contributed by atoms with Crippen LogP contribution in [0.25, 0.3) is 0 Å². The Hall–Kier alpha value is -0.640. The van der Waals surface area contributed by atoms with Crippen molar-refractivity contribution in [2.24, 2.45) is 0 Å². The van der Waals surface area contributed by atoms with E-state index in [2.05, 4.69) is 0 Å². The normalized spacial score (nSPS) is 15.0. The summed E-state index contributed by atoms with van der Waals surface area (Å²) in [5.74, 6) is -22.9. The Balaban J connectivity index is 5.36. The molecule has 0 radical (unpaired) electrons. The second-order valence-electron chi connectivity index (χ2n) is 7.21. The van der Waals surface area contributed by atoms with Crippen LogP contribution in [0.15, 0.2) is 0 Å². The molecule has 0 saturated carbocycles. The molecule has 0 spiro atoms. The first-order chi connectivity index (χ1) is 11.4. The number of rotatable bonds is 11. The lowest BCUT2D eigenvalue weighted by Gasteiger charge is -2.38. The molecule has 2 nitrogen and oxygen atoms in total. The highest BCUT2D eigenvalue weighted by molar-refractivity contribution is 5.04. The van der Waals surface area contributed by atoms with Crippen LogP contribution in [0.3, 0.4) is 0 Å². The van der Waals surface area contributed by atoms with Gasteiger partial charge in [-0.1, -0.05) is 0 Å². The van der Waals surface area contributed by atoms with Gasteiger partial charge in [0.2, 0.25) is 0 Å². The van der Waals surface area contributed by atoms with Crippen molar-refractivity contribution in [2.45, 2.75) is 76.3 Å². The summed E-state index contributed by atoms with van der Waals surface area (Å²) in [4.78, 5) is 2.47. The molecule has 0 aromatic carbocycles. The van der Waals surface area contributed by atoms with Crippen molar-refractivity contribution < 1.29 is 35.1 Å². The molecule has 0 aliphatic carbocycles. The molecule has 10 heteroatoms. The molecule has 0 bridgehead atoms. The van der Waals surface area contributed by atoms with Crippen molar-refractivity contribution in [3.8, 4) is 0 Å². The minimum Gasteiger partial charge on any atom is -0.304 e. The fourth-order valence-electron chi connectivity index (χ4n) is 1.92. The Labute approximate surface area is 149 Å². The lowest BCUT2D eigenvalue weighted by atomic mass is 9.94. The van der Waals surface area contributed by atoms with E-state index in [1.165, 1.54) is 23.9 Å². The van der Waals surface area contributed by atoms with Crippen molar-refractivity contribution in [1.82, 2.24) is 9.80 Å². The average molecular weight is 400 g/mol. The zero-order chi connectivity index (χ0) is 21.1. The van der Waals surface area contributed by atoms with E-state index in [1.54, 1.807) is 27.7 Å². The average Bonchev–Trinajstić information content (AvgIpc) is 2.49. The third-order valence-corrected chi connectivity index (χ3v) is 4.63. The Morgan fingerprint density at radius 3 is 1.00 bits per heavy atom. The third-order valence-electron chi connectivity index (χ3n) is 4.63. The van der Waals surface area contributed by atoms with E-state index >= 15 is 0 Å². The maximum absolute atomic E-state index is 13.8. The molecule has 0 aromatic heterocycles. The molecule has 0 amide bonds. The number of hydrogen-bond acceptors (Lipinski definition) is 2. The van der Waals surface area contributed by atoms with Crippen molar-refractivity contribution >= 4 is 0 Å². The number of nitrogens with zero attached hydrogens (tertiary/aromatic N) is 2. The van der Waals surface area contributed by atoms with E-state index in [0.717, 1.165) is 0 Å². The molecule has 0 saturated heterocycles. The van der Waals surface area contributed by atoms with Crippen LogP contribution in [-0.4, -0.2) is 72.8 Å². The summed E-state index contributed by atoms with van der Waals surface area (Å²) in [6.45, 7) is 5.07. The number of hydrogen-bond donors (Lipinski definition) is 0. The molecule has 0 aliphatic heterocycles. The van der Waals surface area contributed by atoms with Gasteiger partial charge in [-0.25, -0.2) is 0 Å². The van der Waals surface area contributed by atoms with E-state index < -0.39 is 49.6 Å². The van der Waals surface area contributed by atoms with E-state index in [-0.39, 0.29) is 12.1 Å². The molecular formula is C16H28F8N2. The second kappa shape index (κ2) is 8.58. The molecular weight excluding hydrogens is 372 g/mol. The first-order valence-electron chi connectivity index (χ1n) is 8.32. The Morgan fingerprint density at radius 2 is 0.808 bits per heavy atom. The fraction of sp³-hybridized carbons (Fsp3) is 1.00. The SMILES string of the molecule is CC(C)N(C)CCC(F)(F)C(F)(F)C(F)(F)C(F)(F)CCN(C)C(C)C. The summed E-state index contributed by atoms with van der Waals surface area (Å²) >= 11 is 0. The van der Waals surface area contributed by atoms with Gasteiger partial charge >= 0.3 is 23.7 Å². The molecule has 0 aromatic rings. The van der Waals surface area contributed by atoms with Gasteiger partial charge < -0.3 is 9.80 Å². The van der Waals surface area contributed by atoms with Gasteiger partial charge in [0.15, 0.2) is 0 Å². The van der Waals surface area contributed by atoms with Crippen LogP contribution in [0.2, 0.25) is 0 Å². The standard InChI is InChI=1S/C16H28F8N2/c1-11(2)25(5)9-7-13(17,18)15(21,22)16(23,24)14(19,20)8-10-26(6)12(3)4/h11-12H,7-10H2,1-6H3. The van der Waals surface area contributed by atoms with E-state index in [1.807, 2.05) is 0 Å². The molecule has 0 unspecified atom stereocenters. The topological polar surface area (TPSA) is 6.48 Å². The maximum atomic E-state index is 13.8. The summed E-state index contributed by atoms with van der Waals surface area (Å²) in [5.41, 5.74) is 0. The lowest BCUT2D eigenvalue weighted by Crippen LogP contribution is -2.63. The largest absolute Gasteiger partial charge is 0.378 e. The van der Waals surface area contributed by atoms with Gasteiger partial charge in [-0.05, 0) is 41.8 Å². The van der Waals surface area contributed by atoms with Crippen LogP contribution in [0.1, 0.15) is 40.5 Å². The second-order valence-corrected chi connectivity index (χ2v) is 7.21. The van der Waals surface area contributed by atoms with Crippen LogP contribution in [0, 0.1) is 0 Å². The van der Waals surface area contributed by atoms with Crippen molar-refractivity contribution in [2.75, 3.05) is 27.2 Å². The van der Waals surface area contributed by atoms with E-state index in [4.69, 9.17) is 0 Å². The highest BCUT2D eigenvalue weighted by Crippen LogP contribution is 2.54. The Kier molecular flexibility index (Phi) is 8.37. The Morgan fingerprint density at radius 1 is 0.577 bits per heavy atom. The van der Waals surface area contributed by atoms with Gasteiger partial charge in [-0.3, -0.25) is 0 Å². The van der Waals surface area contributed by atoms with Gasteiger partial charge in [0.05, 0.1) is 0 Å². The van der Waals surface area contributed by atoms with Gasteiger partial charge in [-0.15, -0.1) is 0 Å². The fourth-order valence-corrected chi connectivity index (χ4v) is 1.92. The lowest BCUT2D eigenvalue weighted by molar-refractivity contribution is -0.368. The predicted octanol–water partition coefficient (Wildman–Crippen LogP) is 4.99. The zero-order valence-corrected chi connectivity index (χ0v) is 15.9. The molecule has 0 aliphatic rings. The minimum atomic E-state index is -6.18. The summed E-state index contributed by atoms with van der Waals surface area (Å²) in [6.07, 6.45) is -3.32. The highest BCUT2D eigenvalue weighted by atomic mass is 19.4. The Bertz CT molecular complexity index is 398. The van der Waals surface area contributed by atoms with Crippen LogP contribution in [-0.2, 0) is 0 Å². The van der Waals surface area contributed by atoms with Crippen molar-refractivity contribution in [3.05, 3.63) is 0 Å². The van der Waals surface area contributed by atoms with Gasteiger partial charge in [0.1, 0.15) is 0 Å². The van der Waals surface area contributed by atoms with Crippen LogP contribution >= 0.6 is 0 Å². The van der Waals surface area contributed by atoms with Crippen LogP contribution < -0.4 is 0 Å². The summed E-state index contributed by atoms with van der Waals surface area (Å²) in [7, 11) is 2.68. The smallest absolute Gasteiger partial charge is 0.304 e. The first-order valence-corrected chi connectivity index (χ1v) is 8.32. The molecule has 0 atom stereocenters. The van der Waals surface area contributed by atoms with Crippen molar-refractivity contribution in [3.63, 3.8) is 0 Å². The van der Waals surface area contributed by atoms with Crippen molar-refractivity contribution in [1.29, 1.82) is 0 Å². The monoisotopic (exact) mass is 400 g/mol. The number of alkyl halides is 8. The zero-order valence-electron chi connectivity index (χ0n) is 15.9. The number of halogens is 8. The third kappa shape index (κ3) is 5.43. The summed E-state index contributed by atoms with van der Waals surface area (Å²) in [6, 6.07) is -0.596. The van der Waals surface area contributed by atoms with E-state index in [0.29, 0.717) is 0 Å². The van der Waals surface area contributed by atoms with Gasteiger partial charge in [-0.2, -0.15) is 35.1 Å². The quantitative estimate of drug-likeness (QED) is 0.451. The van der Waals surface area contributed by atoms with Crippen LogP contribution in [0.4, 0.5) is 35.1 Å². The molecule has 0 fully saturated rings. The molecule has 0 heterocycles. The predicted molar refractivity (Wildman–Crippen MR) is 84.6 cm³/mol. The van der Waals surface area contributed by atoms with Gasteiger partial charge in [0.25, 0.3) is 0 Å². The minimum absolute atomic E-state index is 0.298. The highest BCUT2D eigenvalue weighted by Gasteiger charge is 2.79. The summed E-state index contributed by atoms with van der Waals surface area (Å²) < 4.78 is 110.